The molecular formula is C26H36O5. The largest absolute Gasteiger partial charge is 0.493 e. The van der Waals surface area contributed by atoms with E-state index in [4.69, 9.17) is 14.2 Å². The first-order chi connectivity index (χ1) is 14.6. The van der Waals surface area contributed by atoms with Gasteiger partial charge < -0.3 is 14.2 Å². The van der Waals surface area contributed by atoms with E-state index in [-0.39, 0.29) is 10.8 Å². The van der Waals surface area contributed by atoms with E-state index in [1.54, 1.807) is 12.1 Å². The summed E-state index contributed by atoms with van der Waals surface area (Å²) < 4.78 is 16.1. The van der Waals surface area contributed by atoms with Gasteiger partial charge in [0.1, 0.15) is 0 Å². The van der Waals surface area contributed by atoms with E-state index in [9.17, 15) is 9.59 Å². The maximum atomic E-state index is 12.3. The van der Waals surface area contributed by atoms with Crippen LogP contribution in [0, 0.1) is 22.7 Å². The zero-order valence-corrected chi connectivity index (χ0v) is 19.8. The monoisotopic (exact) mass is 428 g/mol. The van der Waals surface area contributed by atoms with Gasteiger partial charge in [0.15, 0.2) is 11.5 Å². The summed E-state index contributed by atoms with van der Waals surface area (Å²) in [6, 6.07) is 3.38. The van der Waals surface area contributed by atoms with Crippen molar-refractivity contribution in [1.82, 2.24) is 0 Å². The predicted octanol–water partition coefficient (Wildman–Crippen LogP) is 5.75. The van der Waals surface area contributed by atoms with Gasteiger partial charge in [-0.15, -0.1) is 0 Å². The first-order valence-electron chi connectivity index (χ1n) is 11.2. The standard InChI is InChI=1S/C26H36O5/c1-16-9-8-10-22-25(16,4)12-11-17(2)26(22,5)15-20-13-19(24(28)30-7)14-21(29-6)23(20)31-18(3)27/h13-14,17,22H,1,8-12,15H2,2-7H3/t17-,22+,25+,26+/m0/s1. The van der Waals surface area contributed by atoms with Crippen LogP contribution in [0.15, 0.2) is 24.3 Å². The zero-order valence-electron chi connectivity index (χ0n) is 19.8. The van der Waals surface area contributed by atoms with E-state index < -0.39 is 11.9 Å². The lowest BCUT2D eigenvalue weighted by Crippen LogP contribution is -2.51. The molecule has 0 spiro atoms. The molecule has 2 saturated carbocycles. The highest BCUT2D eigenvalue weighted by Gasteiger charge is 2.54. The second-order valence-electron chi connectivity index (χ2n) is 9.84. The highest BCUT2D eigenvalue weighted by Crippen LogP contribution is 2.62. The van der Waals surface area contributed by atoms with Gasteiger partial charge >= 0.3 is 11.9 Å². The predicted molar refractivity (Wildman–Crippen MR) is 120 cm³/mol. The smallest absolute Gasteiger partial charge is 0.337 e. The van der Waals surface area contributed by atoms with Crippen LogP contribution < -0.4 is 9.47 Å². The van der Waals surface area contributed by atoms with Crippen molar-refractivity contribution in [3.8, 4) is 11.5 Å². The summed E-state index contributed by atoms with van der Waals surface area (Å²) in [5, 5.41) is 0. The normalized spacial score (nSPS) is 30.3. The van der Waals surface area contributed by atoms with E-state index >= 15 is 0 Å². The van der Waals surface area contributed by atoms with Gasteiger partial charge in [0.05, 0.1) is 19.8 Å². The molecule has 5 heteroatoms. The Labute approximate surface area is 186 Å². The third-order valence-corrected chi connectivity index (χ3v) is 8.16. The lowest BCUT2D eigenvalue weighted by Gasteiger charge is -2.59. The summed E-state index contributed by atoms with van der Waals surface area (Å²) >= 11 is 0. The van der Waals surface area contributed by atoms with Crippen molar-refractivity contribution in [2.75, 3.05) is 14.2 Å². The number of fused-ring (bicyclic) bond motifs is 1. The minimum Gasteiger partial charge on any atom is -0.493 e. The Hall–Kier alpha value is -2.30. The molecule has 0 aliphatic heterocycles. The number of ether oxygens (including phenoxy) is 3. The molecule has 0 heterocycles. The molecule has 170 valence electrons. The Morgan fingerprint density at radius 3 is 2.52 bits per heavy atom. The summed E-state index contributed by atoms with van der Waals surface area (Å²) in [5.41, 5.74) is 2.65. The fourth-order valence-electron chi connectivity index (χ4n) is 6.11. The number of carbonyl (C=O) groups is 2. The fraction of sp³-hybridized carbons (Fsp3) is 0.615. The maximum Gasteiger partial charge on any atom is 0.337 e. The lowest BCUT2D eigenvalue weighted by atomic mass is 9.46. The Morgan fingerprint density at radius 1 is 1.19 bits per heavy atom. The third kappa shape index (κ3) is 4.11. The third-order valence-electron chi connectivity index (χ3n) is 8.16. The molecule has 0 aromatic heterocycles. The minimum absolute atomic E-state index is 0.0367. The topological polar surface area (TPSA) is 61.8 Å². The van der Waals surface area contributed by atoms with E-state index in [1.165, 1.54) is 26.7 Å². The molecule has 5 nitrogen and oxygen atoms in total. The van der Waals surface area contributed by atoms with Gasteiger partial charge in [0.2, 0.25) is 0 Å². The van der Waals surface area contributed by atoms with Gasteiger partial charge in [0.25, 0.3) is 0 Å². The molecule has 2 aliphatic rings. The van der Waals surface area contributed by atoms with Crippen molar-refractivity contribution in [3.05, 3.63) is 35.4 Å². The van der Waals surface area contributed by atoms with Gasteiger partial charge in [-0.05, 0) is 73.3 Å². The number of rotatable bonds is 5. The first kappa shape index (κ1) is 23.4. The van der Waals surface area contributed by atoms with Crippen LogP contribution in [0.1, 0.15) is 75.7 Å². The Bertz CT molecular complexity index is 888. The molecule has 0 unspecified atom stereocenters. The summed E-state index contributed by atoms with van der Waals surface area (Å²) in [6.07, 6.45) is 6.39. The molecule has 0 radical (unpaired) electrons. The van der Waals surface area contributed by atoms with Gasteiger partial charge in [-0.2, -0.15) is 0 Å². The number of hydrogen-bond donors (Lipinski definition) is 0. The molecule has 0 bridgehead atoms. The summed E-state index contributed by atoms with van der Waals surface area (Å²) in [6.45, 7) is 12.9. The highest BCUT2D eigenvalue weighted by atomic mass is 16.6. The molecule has 0 saturated heterocycles. The lowest BCUT2D eigenvalue weighted by molar-refractivity contribution is -0.132. The molecule has 31 heavy (non-hydrogen) atoms. The number of hydrogen-bond acceptors (Lipinski definition) is 5. The van der Waals surface area contributed by atoms with Crippen molar-refractivity contribution >= 4 is 11.9 Å². The Balaban J connectivity index is 2.13. The summed E-state index contributed by atoms with van der Waals surface area (Å²) in [7, 11) is 2.87. The van der Waals surface area contributed by atoms with Gasteiger partial charge in [-0.25, -0.2) is 4.79 Å². The Kier molecular flexibility index (Phi) is 6.54. The van der Waals surface area contributed by atoms with Crippen molar-refractivity contribution in [1.29, 1.82) is 0 Å². The number of carbonyl (C=O) groups excluding carboxylic acids is 2. The van der Waals surface area contributed by atoms with E-state index in [1.807, 2.05) is 0 Å². The highest BCUT2D eigenvalue weighted by molar-refractivity contribution is 5.91. The molecule has 4 atom stereocenters. The van der Waals surface area contributed by atoms with Crippen molar-refractivity contribution in [2.45, 2.75) is 66.2 Å². The molecule has 1 aromatic carbocycles. The molecule has 0 N–H and O–H groups in total. The quantitative estimate of drug-likeness (QED) is 0.339. The SMILES string of the molecule is C=C1CCC[C@H]2[C@](C)(Cc3cc(C(=O)OC)cc(OC)c3OC(C)=O)[C@@H](C)CC[C@]12C. The average molecular weight is 429 g/mol. The van der Waals surface area contributed by atoms with Crippen LogP contribution in [0.25, 0.3) is 0 Å². The molecule has 2 fully saturated rings. The van der Waals surface area contributed by atoms with Crippen LogP contribution in [0.5, 0.6) is 11.5 Å². The molecule has 1 aromatic rings. The first-order valence-corrected chi connectivity index (χ1v) is 11.2. The van der Waals surface area contributed by atoms with Gasteiger partial charge in [-0.1, -0.05) is 32.9 Å². The molecule has 3 rings (SSSR count). The maximum absolute atomic E-state index is 12.3. The van der Waals surface area contributed by atoms with Crippen molar-refractivity contribution in [2.24, 2.45) is 22.7 Å². The molecule has 2 aliphatic carbocycles. The van der Waals surface area contributed by atoms with Crippen molar-refractivity contribution < 1.29 is 23.8 Å². The van der Waals surface area contributed by atoms with E-state index in [0.29, 0.717) is 35.3 Å². The van der Waals surface area contributed by atoms with Crippen molar-refractivity contribution in [3.63, 3.8) is 0 Å². The van der Waals surface area contributed by atoms with E-state index in [2.05, 4.69) is 27.4 Å². The van der Waals surface area contributed by atoms with Crippen LogP contribution in [0.3, 0.4) is 0 Å². The zero-order chi connectivity index (χ0) is 23.0. The minimum atomic E-state index is -0.438. The number of benzene rings is 1. The van der Waals surface area contributed by atoms with Gasteiger partial charge in [-0.3, -0.25) is 4.79 Å². The number of esters is 2. The van der Waals surface area contributed by atoms with Crippen LogP contribution in [-0.2, 0) is 16.0 Å². The average Bonchev–Trinajstić information content (AvgIpc) is 2.73. The van der Waals surface area contributed by atoms with Crippen LogP contribution in [0.2, 0.25) is 0 Å². The fourth-order valence-corrected chi connectivity index (χ4v) is 6.11. The number of methoxy groups -OCH3 is 2. The summed E-state index contributed by atoms with van der Waals surface area (Å²) in [5.74, 6) is 0.876. The molecule has 0 amide bonds. The second-order valence-corrected chi connectivity index (χ2v) is 9.84. The Morgan fingerprint density at radius 2 is 1.90 bits per heavy atom. The van der Waals surface area contributed by atoms with Crippen LogP contribution in [-0.4, -0.2) is 26.2 Å². The van der Waals surface area contributed by atoms with Crippen LogP contribution in [0.4, 0.5) is 0 Å². The number of allylic oxidation sites excluding steroid dienone is 1. The summed E-state index contributed by atoms with van der Waals surface area (Å²) in [4.78, 5) is 24.2. The molecular weight excluding hydrogens is 392 g/mol. The van der Waals surface area contributed by atoms with Gasteiger partial charge in [0, 0.05) is 12.5 Å². The van der Waals surface area contributed by atoms with E-state index in [0.717, 1.165) is 37.7 Å². The van der Waals surface area contributed by atoms with Crippen LogP contribution >= 0.6 is 0 Å². The second kappa shape index (κ2) is 8.68.